The zero-order valence-electron chi connectivity index (χ0n) is 65.6. The molecule has 4 aromatic heterocycles. The Kier molecular flexibility index (Phi) is 34.3. The number of halogens is 5. The van der Waals surface area contributed by atoms with Gasteiger partial charge in [-0.15, -0.1) is 12.4 Å². The van der Waals surface area contributed by atoms with E-state index in [-0.39, 0.29) is 79.2 Å². The van der Waals surface area contributed by atoms with E-state index in [1.54, 1.807) is 103 Å². The number of nitrogens with one attached hydrogen (secondary N) is 3. The lowest BCUT2D eigenvalue weighted by Crippen LogP contribution is -2.42. The van der Waals surface area contributed by atoms with Crippen LogP contribution in [0.4, 0.5) is 9.59 Å². The highest BCUT2D eigenvalue weighted by Crippen LogP contribution is 2.35. The third-order valence-electron chi connectivity index (χ3n) is 19.0. The van der Waals surface area contributed by atoms with Crippen LogP contribution >= 0.6 is 58.8 Å². The molecule has 0 unspecified atom stereocenters. The fourth-order valence-electron chi connectivity index (χ4n) is 13.8. The number of H-pyrrole nitrogens is 2. The summed E-state index contributed by atoms with van der Waals surface area (Å²) in [6.07, 6.45) is 17.7. The molecular formula is C85H110Cl5N7O14S. The summed E-state index contributed by atoms with van der Waals surface area (Å²) in [7, 11) is -3.83. The molecule has 3 aliphatic heterocycles. The average molecular weight is 1660 g/mol. The van der Waals surface area contributed by atoms with Gasteiger partial charge in [0.25, 0.3) is 10.1 Å². The summed E-state index contributed by atoms with van der Waals surface area (Å²) in [5.74, 6) is -1.58. The number of carbonyl (C=O) groups excluding carboxylic acids is 6. The normalized spacial score (nSPS) is 16.6. The maximum Gasteiger partial charge on any atom is 0.410 e. The van der Waals surface area contributed by atoms with Gasteiger partial charge in [-0.2, -0.15) is 8.42 Å². The summed E-state index contributed by atoms with van der Waals surface area (Å²) in [4.78, 5) is 92.2. The van der Waals surface area contributed by atoms with E-state index in [1.807, 2.05) is 113 Å². The maximum atomic E-state index is 12.5. The number of ether oxygens (including phenoxy) is 3. The van der Waals surface area contributed by atoms with Crippen molar-refractivity contribution in [3.05, 3.63) is 170 Å². The van der Waals surface area contributed by atoms with Crippen molar-refractivity contribution >= 4 is 154 Å². The van der Waals surface area contributed by atoms with Crippen LogP contribution in [0.5, 0.6) is 0 Å². The number of Topliss-reactive ketones (excluding diaryl/α,β-unsaturated/α-hetero) is 3. The van der Waals surface area contributed by atoms with Crippen molar-refractivity contribution < 1.29 is 65.5 Å². The number of ketones is 3. The van der Waals surface area contributed by atoms with Gasteiger partial charge in [-0.1, -0.05) is 90.8 Å². The number of carboxylic acids is 1. The Labute approximate surface area is 684 Å². The number of aromatic amines is 2. The number of hydrogen-bond donors (Lipinski definition) is 4. The van der Waals surface area contributed by atoms with Gasteiger partial charge in [0.2, 0.25) is 0 Å². The topological polar surface area (TPSA) is 271 Å². The molecule has 27 heteroatoms. The Morgan fingerprint density at radius 1 is 0.545 bits per heavy atom. The molecule has 2 amide bonds. The van der Waals surface area contributed by atoms with Crippen LogP contribution in [0.25, 0.3) is 43.6 Å². The van der Waals surface area contributed by atoms with E-state index < -0.39 is 50.9 Å². The Hall–Kier alpha value is -7.93. The van der Waals surface area contributed by atoms with Crippen molar-refractivity contribution in [2.24, 2.45) is 11.8 Å². The minimum Gasteiger partial charge on any atom is -0.481 e. The molecule has 112 heavy (non-hydrogen) atoms. The molecule has 0 radical (unpaired) electrons. The second-order valence-corrected chi connectivity index (χ2v) is 34.8. The highest BCUT2D eigenvalue weighted by atomic mass is 35.5. The molecule has 3 saturated heterocycles. The molecule has 0 spiro atoms. The predicted molar refractivity (Wildman–Crippen MR) is 450 cm³/mol. The first kappa shape index (κ1) is 92.9. The highest BCUT2D eigenvalue weighted by molar-refractivity contribution is 7.86. The lowest BCUT2D eigenvalue weighted by molar-refractivity contribution is -0.161. The Bertz CT molecular complexity index is 4810. The number of carboxylic acid groups (broad SMARTS) is 1. The number of nitrogens with zero attached hydrogens (tertiary/aromatic N) is 4. The van der Waals surface area contributed by atoms with Gasteiger partial charge in [-0.25, -0.2) is 9.59 Å². The number of fused-ring (bicyclic) bond motifs is 4. The first-order chi connectivity index (χ1) is 51.7. The summed E-state index contributed by atoms with van der Waals surface area (Å²) >= 11 is 23.7. The molecule has 9 aromatic rings. The minimum absolute atomic E-state index is 0. The standard InChI is InChI=1S/C20H25ClN2O3.C17H25NO5S.C15H17ClN2O.C14H24O4.C10H8ClNO.C8H6ClN.CH4.ClH/c1-13(24)17-12-22(18-8-7-14(21)10-16(17)18)11-15-6-5-9-23(15)19(25)26-20(2,3)4;1-13-7-9-15(10-8-13)24(20,21)22-12-14-6-5-11-18(14)16(19)23-17(2,3)4;1-10(19)14-9-18(8-12-3-2-6-17-12)15-5-4-11(16)7-13(14)15;1-14(2,3)18-12(15)9-11(13(16)17)10-7-5-4-6-8-10;1-6(13)9-5-12-10-3-2-7(11)4-8(9)10;9-7-1-2-8-6(5-7)3-4-10-8;;/h7-8,10,12,15H,5-6,9,11H2,1-4H3;7-10,14H,5-6,11-12H2,1-4H3;4-5,7,9,12,17H,2-3,6,8H2,1H3;10-11H,4-9H2,1-3H3,(H,16,17);2-5,12H,1H3;1-5,10H;1H4;1H/t15-;14-;12-;11-;;;;/m0000..../s1. The number of aryl methyl sites for hydroxylation is 1. The summed E-state index contributed by atoms with van der Waals surface area (Å²) in [5.41, 5.74) is 5.55. The van der Waals surface area contributed by atoms with Gasteiger partial charge >= 0.3 is 24.1 Å². The first-order valence-corrected chi connectivity index (χ1v) is 40.4. The number of rotatable bonds is 15. The van der Waals surface area contributed by atoms with E-state index in [1.165, 1.54) is 31.4 Å². The second kappa shape index (κ2) is 41.4. The van der Waals surface area contributed by atoms with Crippen LogP contribution < -0.4 is 5.32 Å². The van der Waals surface area contributed by atoms with Crippen LogP contribution in [-0.2, 0) is 51.2 Å². The van der Waals surface area contributed by atoms with Crippen LogP contribution in [0, 0.1) is 18.8 Å². The van der Waals surface area contributed by atoms with Gasteiger partial charge in [-0.3, -0.25) is 28.2 Å². The number of likely N-dealkylation sites (tertiary alicyclic amines) is 2. The molecule has 5 aromatic carbocycles. The highest BCUT2D eigenvalue weighted by Gasteiger charge is 2.36. The molecular weight excluding hydrogens is 1550 g/mol. The van der Waals surface area contributed by atoms with Gasteiger partial charge in [0.05, 0.1) is 35.9 Å². The van der Waals surface area contributed by atoms with Crippen LogP contribution in [0.3, 0.4) is 0 Å². The monoisotopic (exact) mass is 1660 g/mol. The minimum atomic E-state index is -3.83. The van der Waals surface area contributed by atoms with Crippen LogP contribution in [0.15, 0.2) is 133 Å². The van der Waals surface area contributed by atoms with E-state index in [2.05, 4.69) is 24.4 Å². The number of carbonyl (C=O) groups is 7. The Balaban J connectivity index is 0.000000213. The lowest BCUT2D eigenvalue weighted by Gasteiger charge is -2.29. The smallest absolute Gasteiger partial charge is 0.410 e. The van der Waals surface area contributed by atoms with Crippen molar-refractivity contribution in [3.8, 4) is 0 Å². The number of hydrogen-bond acceptors (Lipinski definition) is 14. The van der Waals surface area contributed by atoms with Crippen molar-refractivity contribution in [1.29, 1.82) is 0 Å². The third kappa shape index (κ3) is 27.4. The van der Waals surface area contributed by atoms with Crippen LogP contribution in [0.1, 0.15) is 204 Å². The van der Waals surface area contributed by atoms with E-state index in [4.69, 9.17) is 64.8 Å². The molecule has 4 N–H and O–H groups in total. The molecule has 0 bridgehead atoms. The van der Waals surface area contributed by atoms with Crippen LogP contribution in [0.2, 0.25) is 20.1 Å². The van der Waals surface area contributed by atoms with Gasteiger partial charge in [0, 0.05) is 137 Å². The zero-order valence-corrected chi connectivity index (χ0v) is 70.3. The van der Waals surface area contributed by atoms with Crippen molar-refractivity contribution in [2.75, 3.05) is 26.2 Å². The fourth-order valence-corrected chi connectivity index (χ4v) is 15.5. The van der Waals surface area contributed by atoms with Gasteiger partial charge in [-0.05, 0) is 245 Å². The Morgan fingerprint density at radius 3 is 1.53 bits per heavy atom. The maximum absolute atomic E-state index is 12.5. The summed E-state index contributed by atoms with van der Waals surface area (Å²) < 4.78 is 50.0. The SMILES string of the molecule is C.CC(=O)c1c[nH]c2ccc(Cl)cc12.CC(=O)c1cn(C[C@@H]2CCCN2)c2ccc(Cl)cc12.CC(=O)c1cn(C[C@@H]2CCCN2C(=O)OC(C)(C)C)c2ccc(Cl)cc12.CC(C)(C)OC(=O)C[C@H](C(=O)O)C1CCCCC1.Cc1ccc(S(=O)(=O)OC[C@@H]2CCCN2C(=O)OC(C)(C)C)cc1.Cl.Clc1ccc2[nH]ccc2c1. The number of esters is 1. The number of benzene rings is 5. The summed E-state index contributed by atoms with van der Waals surface area (Å²) in [6, 6.07) is 31.3. The van der Waals surface area contributed by atoms with Crippen molar-refractivity contribution in [3.63, 3.8) is 0 Å². The number of aromatic nitrogens is 4. The molecule has 7 heterocycles. The molecule has 4 fully saturated rings. The Morgan fingerprint density at radius 2 is 1.03 bits per heavy atom. The number of amides is 2. The average Bonchev–Trinajstić information content (AvgIpc) is 1.64. The largest absolute Gasteiger partial charge is 0.481 e. The molecule has 4 atom stereocenters. The second-order valence-electron chi connectivity index (χ2n) is 31.4. The third-order valence-corrected chi connectivity index (χ3v) is 21.3. The van der Waals surface area contributed by atoms with E-state index in [0.29, 0.717) is 58.3 Å². The van der Waals surface area contributed by atoms with Gasteiger partial charge in [0.15, 0.2) is 17.3 Å². The lowest BCUT2D eigenvalue weighted by atomic mass is 9.78. The first-order valence-electron chi connectivity index (χ1n) is 37.4. The number of aliphatic carboxylic acids is 1. The van der Waals surface area contributed by atoms with Crippen LogP contribution in [-0.4, -0.2) is 145 Å². The summed E-state index contributed by atoms with van der Waals surface area (Å²) in [6.45, 7) is 26.8. The quantitative estimate of drug-likeness (QED) is 0.0322. The van der Waals surface area contributed by atoms with Gasteiger partial charge in [0.1, 0.15) is 16.8 Å². The summed E-state index contributed by atoms with van der Waals surface area (Å²) in [5, 5.41) is 19.3. The fraction of sp³-hybridized carbons (Fsp3) is 0.471. The predicted octanol–water partition coefficient (Wildman–Crippen LogP) is 21.1. The molecule has 21 nitrogen and oxygen atoms in total. The van der Waals surface area contributed by atoms with E-state index in [0.717, 1.165) is 118 Å². The van der Waals surface area contributed by atoms with Gasteiger partial charge < -0.3 is 53.5 Å². The van der Waals surface area contributed by atoms with Crippen molar-refractivity contribution in [1.82, 2.24) is 34.2 Å². The molecule has 1 aliphatic carbocycles. The molecule has 4 aliphatic rings. The van der Waals surface area contributed by atoms with E-state index >= 15 is 0 Å². The van der Waals surface area contributed by atoms with Crippen molar-refractivity contribution in [2.45, 2.75) is 227 Å². The molecule has 1 saturated carbocycles. The molecule has 610 valence electrons. The zero-order chi connectivity index (χ0) is 80.6. The van der Waals surface area contributed by atoms with E-state index in [9.17, 15) is 47.1 Å². The molecule has 13 rings (SSSR count).